The zero-order valence-corrected chi connectivity index (χ0v) is 13.3. The van der Waals surface area contributed by atoms with Gasteiger partial charge in [-0.05, 0) is 56.8 Å². The molecule has 0 radical (unpaired) electrons. The minimum absolute atomic E-state index is 0.260. The molecule has 0 saturated carbocycles. The van der Waals surface area contributed by atoms with E-state index in [1.165, 1.54) is 44.5 Å². The Morgan fingerprint density at radius 2 is 1.95 bits per heavy atom. The van der Waals surface area contributed by atoms with Crippen molar-refractivity contribution < 1.29 is 5.11 Å². The van der Waals surface area contributed by atoms with Gasteiger partial charge in [0.15, 0.2) is 0 Å². The van der Waals surface area contributed by atoms with Gasteiger partial charge in [0.25, 0.3) is 0 Å². The molecule has 1 atom stereocenters. The minimum Gasteiger partial charge on any atom is -0.396 e. The number of aliphatic hydroxyl groups is 1. The maximum atomic E-state index is 9.29. The van der Waals surface area contributed by atoms with E-state index in [2.05, 4.69) is 47.5 Å². The van der Waals surface area contributed by atoms with Gasteiger partial charge in [0.2, 0.25) is 0 Å². The van der Waals surface area contributed by atoms with E-state index in [4.69, 9.17) is 0 Å². The molecule has 0 bridgehead atoms. The number of piperidine rings is 1. The lowest BCUT2D eigenvalue weighted by atomic mass is 9.95. The molecule has 118 valence electrons. The van der Waals surface area contributed by atoms with Gasteiger partial charge in [-0.15, -0.1) is 0 Å². The predicted molar refractivity (Wildman–Crippen MR) is 88.6 cm³/mol. The third-order valence-electron chi connectivity index (χ3n) is 4.53. The van der Waals surface area contributed by atoms with Crippen molar-refractivity contribution in [1.29, 1.82) is 0 Å². The van der Waals surface area contributed by atoms with Crippen LogP contribution in [0, 0.1) is 0 Å². The summed E-state index contributed by atoms with van der Waals surface area (Å²) < 4.78 is 0. The molecule has 0 amide bonds. The Morgan fingerprint density at radius 1 is 1.24 bits per heavy atom. The number of likely N-dealkylation sites (tertiary alicyclic amines) is 1. The molecular formula is C18H30N2O. The first-order valence-corrected chi connectivity index (χ1v) is 8.45. The van der Waals surface area contributed by atoms with Crippen LogP contribution >= 0.6 is 0 Å². The second-order valence-corrected chi connectivity index (χ2v) is 6.14. The second kappa shape index (κ2) is 9.19. The molecule has 1 unspecified atom stereocenters. The Hall–Kier alpha value is -0.900. The average Bonchev–Trinajstić information content (AvgIpc) is 2.54. The molecule has 21 heavy (non-hydrogen) atoms. The van der Waals surface area contributed by atoms with Gasteiger partial charge < -0.3 is 15.3 Å². The quantitative estimate of drug-likeness (QED) is 0.772. The molecule has 1 fully saturated rings. The summed E-state index contributed by atoms with van der Waals surface area (Å²) in [6.45, 7) is 7.18. The van der Waals surface area contributed by atoms with Crippen molar-refractivity contribution >= 4 is 0 Å². The second-order valence-electron chi connectivity index (χ2n) is 6.14. The Bertz CT molecular complexity index is 374. The summed E-state index contributed by atoms with van der Waals surface area (Å²) in [7, 11) is 0. The maximum Gasteiger partial charge on any atom is 0.0437 e. The van der Waals surface area contributed by atoms with Crippen LogP contribution in [0.5, 0.6) is 0 Å². The van der Waals surface area contributed by atoms with Gasteiger partial charge in [-0.1, -0.05) is 37.3 Å². The normalized spacial score (nSPS) is 18.8. The van der Waals surface area contributed by atoms with Gasteiger partial charge >= 0.3 is 0 Å². The number of hydrogen-bond acceptors (Lipinski definition) is 3. The van der Waals surface area contributed by atoms with Crippen LogP contribution in [0.25, 0.3) is 0 Å². The summed E-state index contributed by atoms with van der Waals surface area (Å²) in [6.07, 6.45) is 4.59. The topological polar surface area (TPSA) is 35.5 Å². The molecular weight excluding hydrogens is 260 g/mol. The van der Waals surface area contributed by atoms with E-state index in [-0.39, 0.29) is 6.61 Å². The first-order chi connectivity index (χ1) is 10.3. The summed E-state index contributed by atoms with van der Waals surface area (Å²) in [5.74, 6) is 0.421. The van der Waals surface area contributed by atoms with E-state index >= 15 is 0 Å². The predicted octanol–water partition coefficient (Wildman–Crippen LogP) is 2.62. The van der Waals surface area contributed by atoms with Gasteiger partial charge in [0.05, 0.1) is 0 Å². The lowest BCUT2D eigenvalue weighted by Gasteiger charge is -2.33. The summed E-state index contributed by atoms with van der Waals surface area (Å²) >= 11 is 0. The lowest BCUT2D eigenvalue weighted by Crippen LogP contribution is -2.43. The fourth-order valence-corrected chi connectivity index (χ4v) is 3.25. The number of benzene rings is 1. The van der Waals surface area contributed by atoms with Crippen molar-refractivity contribution in [3.63, 3.8) is 0 Å². The van der Waals surface area contributed by atoms with Crippen LogP contribution in [0.4, 0.5) is 0 Å². The third-order valence-corrected chi connectivity index (χ3v) is 4.53. The SMILES string of the molecule is CCCN1CCC(NCC(CCO)c2ccccc2)CC1. The van der Waals surface area contributed by atoms with Gasteiger partial charge in [-0.2, -0.15) is 0 Å². The van der Waals surface area contributed by atoms with E-state index in [0.717, 1.165) is 13.0 Å². The molecule has 1 aliphatic heterocycles. The van der Waals surface area contributed by atoms with E-state index in [1.54, 1.807) is 0 Å². The molecule has 0 aliphatic carbocycles. The van der Waals surface area contributed by atoms with Crippen molar-refractivity contribution in [2.75, 3.05) is 32.8 Å². The van der Waals surface area contributed by atoms with Gasteiger partial charge in [0.1, 0.15) is 0 Å². The third kappa shape index (κ3) is 5.42. The number of aliphatic hydroxyl groups excluding tert-OH is 1. The zero-order chi connectivity index (χ0) is 14.9. The van der Waals surface area contributed by atoms with E-state index in [0.29, 0.717) is 12.0 Å². The molecule has 1 saturated heterocycles. The zero-order valence-electron chi connectivity index (χ0n) is 13.3. The highest BCUT2D eigenvalue weighted by atomic mass is 16.3. The first-order valence-electron chi connectivity index (χ1n) is 8.45. The number of nitrogens with zero attached hydrogens (tertiary/aromatic N) is 1. The van der Waals surface area contributed by atoms with Crippen LogP contribution in [-0.4, -0.2) is 48.8 Å². The molecule has 1 aromatic rings. The standard InChI is InChI=1S/C18H30N2O/c1-2-11-20-12-8-18(9-13-20)19-15-17(10-14-21)16-6-4-3-5-7-16/h3-7,17-19,21H,2,8-15H2,1H3. The smallest absolute Gasteiger partial charge is 0.0437 e. The molecule has 3 heteroatoms. The Labute approximate surface area is 129 Å². The van der Waals surface area contributed by atoms with Crippen molar-refractivity contribution in [2.45, 2.75) is 44.6 Å². The summed E-state index contributed by atoms with van der Waals surface area (Å²) in [5, 5.41) is 13.0. The number of nitrogens with one attached hydrogen (secondary N) is 1. The summed E-state index contributed by atoms with van der Waals surface area (Å²) in [6, 6.07) is 11.2. The monoisotopic (exact) mass is 290 g/mol. The molecule has 0 spiro atoms. The largest absolute Gasteiger partial charge is 0.396 e. The molecule has 0 aromatic heterocycles. The lowest BCUT2D eigenvalue weighted by molar-refractivity contribution is 0.195. The van der Waals surface area contributed by atoms with Gasteiger partial charge in [-0.25, -0.2) is 0 Å². The Morgan fingerprint density at radius 3 is 2.57 bits per heavy atom. The van der Waals surface area contributed by atoms with E-state index in [1.807, 2.05) is 0 Å². The van der Waals surface area contributed by atoms with Crippen LogP contribution in [0.1, 0.15) is 44.1 Å². The van der Waals surface area contributed by atoms with Crippen molar-refractivity contribution in [3.8, 4) is 0 Å². The molecule has 1 aliphatic rings. The average molecular weight is 290 g/mol. The van der Waals surface area contributed by atoms with E-state index < -0.39 is 0 Å². The fraction of sp³-hybridized carbons (Fsp3) is 0.667. The van der Waals surface area contributed by atoms with Crippen LogP contribution in [0.15, 0.2) is 30.3 Å². The van der Waals surface area contributed by atoms with E-state index in [9.17, 15) is 5.11 Å². The molecule has 2 N–H and O–H groups in total. The summed E-state index contributed by atoms with van der Waals surface area (Å²) in [5.41, 5.74) is 1.34. The van der Waals surface area contributed by atoms with Crippen LogP contribution in [0.3, 0.4) is 0 Å². The van der Waals surface area contributed by atoms with Gasteiger partial charge in [0, 0.05) is 19.2 Å². The van der Waals surface area contributed by atoms with Gasteiger partial charge in [-0.3, -0.25) is 0 Å². The molecule has 1 aromatic carbocycles. The van der Waals surface area contributed by atoms with Crippen LogP contribution < -0.4 is 5.32 Å². The van der Waals surface area contributed by atoms with Crippen LogP contribution in [0.2, 0.25) is 0 Å². The summed E-state index contributed by atoms with van der Waals surface area (Å²) in [4.78, 5) is 2.57. The highest BCUT2D eigenvalue weighted by molar-refractivity contribution is 5.19. The molecule has 2 rings (SSSR count). The molecule has 3 nitrogen and oxygen atoms in total. The first kappa shape index (κ1) is 16.5. The number of rotatable bonds is 8. The Balaban J connectivity index is 1.78. The van der Waals surface area contributed by atoms with Crippen LogP contribution in [-0.2, 0) is 0 Å². The number of hydrogen-bond donors (Lipinski definition) is 2. The fourth-order valence-electron chi connectivity index (χ4n) is 3.25. The highest BCUT2D eigenvalue weighted by Gasteiger charge is 2.19. The maximum absolute atomic E-state index is 9.29. The minimum atomic E-state index is 0.260. The van der Waals surface area contributed by atoms with Crippen molar-refractivity contribution in [3.05, 3.63) is 35.9 Å². The Kier molecular flexibility index (Phi) is 7.20. The van der Waals surface area contributed by atoms with Crippen molar-refractivity contribution in [2.24, 2.45) is 0 Å². The highest BCUT2D eigenvalue weighted by Crippen LogP contribution is 2.19. The molecule has 1 heterocycles. The van der Waals surface area contributed by atoms with Crippen molar-refractivity contribution in [1.82, 2.24) is 10.2 Å².